The molecule has 2 amide bonds. The Balaban J connectivity index is 1.87. The molecule has 1 aliphatic carbocycles. The summed E-state index contributed by atoms with van der Waals surface area (Å²) in [5.74, 6) is 0.795. The molecule has 1 unspecified atom stereocenters. The van der Waals surface area contributed by atoms with Crippen LogP contribution in [0.25, 0.3) is 0 Å². The van der Waals surface area contributed by atoms with Crippen LogP contribution in [0.15, 0.2) is 0 Å². The Hall–Kier alpha value is -0.900. The lowest BCUT2D eigenvalue weighted by Crippen LogP contribution is -2.46. The molecule has 2 aliphatic rings. The van der Waals surface area contributed by atoms with E-state index in [9.17, 15) is 9.59 Å². The highest BCUT2D eigenvalue weighted by atomic mass is 16.2. The average Bonchev–Trinajstić information content (AvgIpc) is 2.65. The molecule has 0 aromatic rings. The second-order valence-electron chi connectivity index (χ2n) is 6.25. The van der Waals surface area contributed by atoms with Crippen molar-refractivity contribution in [1.82, 2.24) is 10.2 Å². The normalized spacial score (nSPS) is 32.4. The van der Waals surface area contributed by atoms with Crippen LogP contribution >= 0.6 is 0 Å². The Kier molecular flexibility index (Phi) is 4.61. The number of imide groups is 1. The zero-order valence-electron chi connectivity index (χ0n) is 12.3. The number of carbonyl (C=O) groups is 2. The van der Waals surface area contributed by atoms with Crippen LogP contribution in [0.3, 0.4) is 0 Å². The van der Waals surface area contributed by atoms with Gasteiger partial charge in [0.2, 0.25) is 11.8 Å². The minimum Gasteiger partial charge on any atom is -0.303 e. The molecule has 4 heteroatoms. The number of rotatable bonds is 4. The number of amides is 2. The summed E-state index contributed by atoms with van der Waals surface area (Å²) in [5.41, 5.74) is 0. The van der Waals surface area contributed by atoms with Crippen LogP contribution in [-0.4, -0.2) is 34.8 Å². The van der Waals surface area contributed by atoms with E-state index in [1.165, 1.54) is 24.2 Å². The smallest absolute Gasteiger partial charge is 0.247 e. The number of nitrogens with zero attached hydrogens (tertiary/aromatic N) is 1. The van der Waals surface area contributed by atoms with Gasteiger partial charge >= 0.3 is 0 Å². The van der Waals surface area contributed by atoms with Crippen LogP contribution in [-0.2, 0) is 9.59 Å². The van der Waals surface area contributed by atoms with Crippen molar-refractivity contribution in [1.29, 1.82) is 0 Å². The molecule has 1 atom stereocenters. The van der Waals surface area contributed by atoms with Crippen molar-refractivity contribution in [2.24, 2.45) is 5.92 Å². The molecule has 1 aliphatic heterocycles. The number of nitrogens with one attached hydrogen (secondary N) is 1. The van der Waals surface area contributed by atoms with Gasteiger partial charge in [0.05, 0.1) is 12.5 Å². The van der Waals surface area contributed by atoms with Gasteiger partial charge in [-0.25, -0.2) is 0 Å². The molecular weight excluding hydrogens is 240 g/mol. The first-order valence-electron chi connectivity index (χ1n) is 7.64. The van der Waals surface area contributed by atoms with E-state index in [1.807, 2.05) is 13.8 Å². The lowest BCUT2D eigenvalue weighted by Gasteiger charge is -2.30. The Morgan fingerprint density at radius 2 is 1.84 bits per heavy atom. The van der Waals surface area contributed by atoms with Crippen molar-refractivity contribution >= 4 is 11.8 Å². The van der Waals surface area contributed by atoms with E-state index in [1.54, 1.807) is 0 Å². The monoisotopic (exact) mass is 266 g/mol. The van der Waals surface area contributed by atoms with Crippen LogP contribution in [0.1, 0.15) is 59.3 Å². The maximum Gasteiger partial charge on any atom is 0.247 e. The van der Waals surface area contributed by atoms with E-state index in [4.69, 9.17) is 0 Å². The average molecular weight is 266 g/mol. The number of carbonyl (C=O) groups excluding carboxylic acids is 2. The fourth-order valence-corrected chi connectivity index (χ4v) is 3.35. The van der Waals surface area contributed by atoms with Crippen LogP contribution in [0.2, 0.25) is 0 Å². The number of hydrogen-bond donors (Lipinski definition) is 1. The third-order valence-electron chi connectivity index (χ3n) is 4.56. The largest absolute Gasteiger partial charge is 0.303 e. The summed E-state index contributed by atoms with van der Waals surface area (Å²) >= 11 is 0. The third-order valence-corrected chi connectivity index (χ3v) is 4.56. The molecule has 0 aromatic heterocycles. The minimum atomic E-state index is -0.280. The van der Waals surface area contributed by atoms with Gasteiger partial charge in [-0.15, -0.1) is 0 Å². The SMILES string of the molecule is CCC1CCC(NC2CC(=O)N(C(C)C)C2=O)CC1. The van der Waals surface area contributed by atoms with E-state index in [0.29, 0.717) is 12.5 Å². The molecule has 4 nitrogen and oxygen atoms in total. The van der Waals surface area contributed by atoms with E-state index in [-0.39, 0.29) is 23.9 Å². The first kappa shape index (κ1) is 14.5. The summed E-state index contributed by atoms with van der Waals surface area (Å²) in [7, 11) is 0. The molecule has 1 heterocycles. The van der Waals surface area contributed by atoms with Crippen LogP contribution in [0.5, 0.6) is 0 Å². The molecule has 2 rings (SSSR count). The summed E-state index contributed by atoms with van der Waals surface area (Å²) in [4.78, 5) is 25.4. The van der Waals surface area contributed by atoms with E-state index in [0.717, 1.165) is 18.8 Å². The summed E-state index contributed by atoms with van der Waals surface area (Å²) in [6.45, 7) is 6.04. The zero-order chi connectivity index (χ0) is 14.0. The predicted molar refractivity (Wildman–Crippen MR) is 74.6 cm³/mol. The van der Waals surface area contributed by atoms with Crippen molar-refractivity contribution < 1.29 is 9.59 Å². The molecule has 1 saturated heterocycles. The highest BCUT2D eigenvalue weighted by molar-refractivity contribution is 6.05. The van der Waals surface area contributed by atoms with E-state index < -0.39 is 0 Å². The third kappa shape index (κ3) is 3.16. The number of likely N-dealkylation sites (tertiary alicyclic amines) is 1. The van der Waals surface area contributed by atoms with Gasteiger partial charge < -0.3 is 5.32 Å². The summed E-state index contributed by atoms with van der Waals surface area (Å²) in [5, 5.41) is 3.42. The van der Waals surface area contributed by atoms with E-state index >= 15 is 0 Å². The first-order valence-corrected chi connectivity index (χ1v) is 7.64. The van der Waals surface area contributed by atoms with Gasteiger partial charge in [0.1, 0.15) is 0 Å². The lowest BCUT2D eigenvalue weighted by molar-refractivity contribution is -0.140. The Labute approximate surface area is 115 Å². The molecule has 0 spiro atoms. The van der Waals surface area contributed by atoms with Crippen molar-refractivity contribution in [2.45, 2.75) is 77.4 Å². The molecule has 108 valence electrons. The molecule has 0 bridgehead atoms. The second-order valence-corrected chi connectivity index (χ2v) is 6.25. The lowest BCUT2D eigenvalue weighted by atomic mass is 9.84. The van der Waals surface area contributed by atoms with E-state index in [2.05, 4.69) is 12.2 Å². The standard InChI is InChI=1S/C15H26N2O2/c1-4-11-5-7-12(8-6-11)16-13-9-14(18)17(10(2)3)15(13)19/h10-13,16H,4-9H2,1-3H3. The van der Waals surface area contributed by atoms with Gasteiger partial charge in [0.25, 0.3) is 0 Å². The molecule has 1 saturated carbocycles. The highest BCUT2D eigenvalue weighted by Gasteiger charge is 2.40. The molecular formula is C15H26N2O2. The van der Waals surface area contributed by atoms with Crippen molar-refractivity contribution in [3.63, 3.8) is 0 Å². The van der Waals surface area contributed by atoms with Crippen LogP contribution < -0.4 is 5.32 Å². The fourth-order valence-electron chi connectivity index (χ4n) is 3.35. The molecule has 19 heavy (non-hydrogen) atoms. The summed E-state index contributed by atoms with van der Waals surface area (Å²) in [6, 6.07) is 0.109. The Bertz CT molecular complexity index is 346. The van der Waals surface area contributed by atoms with Crippen LogP contribution in [0, 0.1) is 5.92 Å². The highest BCUT2D eigenvalue weighted by Crippen LogP contribution is 2.27. The fraction of sp³-hybridized carbons (Fsp3) is 0.867. The van der Waals surface area contributed by atoms with Crippen molar-refractivity contribution in [3.05, 3.63) is 0 Å². The Morgan fingerprint density at radius 1 is 1.21 bits per heavy atom. The van der Waals surface area contributed by atoms with Crippen molar-refractivity contribution in [2.75, 3.05) is 0 Å². The Morgan fingerprint density at radius 3 is 2.32 bits per heavy atom. The first-order chi connectivity index (χ1) is 9.02. The maximum absolute atomic E-state index is 12.2. The molecule has 0 radical (unpaired) electrons. The zero-order valence-corrected chi connectivity index (χ0v) is 12.3. The molecule has 2 fully saturated rings. The van der Waals surface area contributed by atoms with Gasteiger partial charge in [0, 0.05) is 12.1 Å². The van der Waals surface area contributed by atoms with Crippen molar-refractivity contribution in [3.8, 4) is 0 Å². The maximum atomic E-state index is 12.2. The van der Waals surface area contributed by atoms with Gasteiger partial charge in [-0.1, -0.05) is 13.3 Å². The van der Waals surface area contributed by atoms with Gasteiger partial charge in [-0.2, -0.15) is 0 Å². The minimum absolute atomic E-state index is 0.0253. The predicted octanol–water partition coefficient (Wildman–Crippen LogP) is 2.08. The van der Waals surface area contributed by atoms with Gasteiger partial charge in [-0.05, 0) is 45.4 Å². The van der Waals surface area contributed by atoms with Gasteiger partial charge in [0.15, 0.2) is 0 Å². The van der Waals surface area contributed by atoms with Crippen LogP contribution in [0.4, 0.5) is 0 Å². The summed E-state index contributed by atoms with van der Waals surface area (Å²) < 4.78 is 0. The molecule has 1 N–H and O–H groups in total. The van der Waals surface area contributed by atoms with Gasteiger partial charge in [-0.3, -0.25) is 14.5 Å². The summed E-state index contributed by atoms with van der Waals surface area (Å²) in [6.07, 6.45) is 6.36. The molecule has 0 aromatic carbocycles. The second kappa shape index (κ2) is 6.04. The topological polar surface area (TPSA) is 49.4 Å². The number of hydrogen-bond acceptors (Lipinski definition) is 3. The quantitative estimate of drug-likeness (QED) is 0.793.